The average Bonchev–Trinajstić information content (AvgIpc) is 3.42. The first kappa shape index (κ1) is 18.2. The number of hydrazone groups is 1. The molecule has 1 aliphatic rings. The molecule has 0 fully saturated rings. The fourth-order valence-corrected chi connectivity index (χ4v) is 3.73. The van der Waals surface area contributed by atoms with Crippen molar-refractivity contribution in [1.82, 2.24) is 19.8 Å². The van der Waals surface area contributed by atoms with E-state index in [0.29, 0.717) is 11.7 Å². The predicted octanol–water partition coefficient (Wildman–Crippen LogP) is 3.00. The molecule has 0 aliphatic carbocycles. The Bertz CT molecular complexity index is 1000. The number of hydrogen-bond donors (Lipinski definition) is 0. The Hall–Kier alpha value is -3.13. The summed E-state index contributed by atoms with van der Waals surface area (Å²) in [4.78, 5) is 12.6. The smallest absolute Gasteiger partial charge is 0.253 e. The van der Waals surface area contributed by atoms with Crippen LogP contribution >= 0.6 is 11.8 Å². The second-order valence-electron chi connectivity index (χ2n) is 6.15. The van der Waals surface area contributed by atoms with Crippen molar-refractivity contribution in [3.05, 3.63) is 66.5 Å². The Labute approximate surface area is 167 Å². The van der Waals surface area contributed by atoms with Gasteiger partial charge in [0.25, 0.3) is 5.91 Å². The first-order valence-electron chi connectivity index (χ1n) is 8.85. The Balaban J connectivity index is 1.42. The van der Waals surface area contributed by atoms with Crippen LogP contribution in [-0.2, 0) is 4.79 Å². The summed E-state index contributed by atoms with van der Waals surface area (Å²) in [6, 6.07) is 17.6. The number of aromatic nitrogens is 3. The fraction of sp³-hybridized carbons (Fsp3) is 0.200. The Morgan fingerprint density at radius 2 is 2.04 bits per heavy atom. The summed E-state index contributed by atoms with van der Waals surface area (Å²) in [5, 5.41) is 14.8. The minimum absolute atomic E-state index is 0.0453. The summed E-state index contributed by atoms with van der Waals surface area (Å²) in [6.45, 7) is 0.603. The van der Waals surface area contributed by atoms with Gasteiger partial charge >= 0.3 is 0 Å². The van der Waals surface area contributed by atoms with E-state index >= 15 is 0 Å². The Morgan fingerprint density at radius 3 is 2.86 bits per heavy atom. The number of carbonyl (C=O) groups excluding carboxylic acids is 1. The van der Waals surface area contributed by atoms with Crippen molar-refractivity contribution in [3.8, 4) is 11.4 Å². The van der Waals surface area contributed by atoms with Crippen molar-refractivity contribution < 1.29 is 9.53 Å². The van der Waals surface area contributed by atoms with Gasteiger partial charge in [0, 0.05) is 12.5 Å². The lowest BCUT2D eigenvalue weighted by atomic mass is 10.1. The number of methoxy groups -OCH3 is 1. The van der Waals surface area contributed by atoms with Crippen molar-refractivity contribution in [3.63, 3.8) is 0 Å². The van der Waals surface area contributed by atoms with E-state index in [0.717, 1.165) is 29.1 Å². The molecule has 1 amide bonds. The number of carbonyl (C=O) groups is 1. The molecule has 142 valence electrons. The van der Waals surface area contributed by atoms with E-state index in [-0.39, 0.29) is 11.7 Å². The zero-order valence-electron chi connectivity index (χ0n) is 15.4. The third-order valence-corrected chi connectivity index (χ3v) is 5.30. The van der Waals surface area contributed by atoms with Gasteiger partial charge in [0.15, 0.2) is 5.16 Å². The highest BCUT2D eigenvalue weighted by Gasteiger charge is 2.22. The van der Waals surface area contributed by atoms with E-state index in [2.05, 4.69) is 15.3 Å². The fourth-order valence-electron chi connectivity index (χ4n) is 2.93. The van der Waals surface area contributed by atoms with E-state index in [1.165, 1.54) is 11.8 Å². The molecule has 1 aliphatic heterocycles. The lowest BCUT2D eigenvalue weighted by Gasteiger charge is -2.11. The van der Waals surface area contributed by atoms with Gasteiger partial charge < -0.3 is 4.74 Å². The highest BCUT2D eigenvalue weighted by molar-refractivity contribution is 7.99. The molecule has 0 radical (unpaired) electrons. The van der Waals surface area contributed by atoms with Crippen molar-refractivity contribution in [2.75, 3.05) is 19.4 Å². The third kappa shape index (κ3) is 3.91. The van der Waals surface area contributed by atoms with Gasteiger partial charge in [-0.15, -0.1) is 10.2 Å². The molecule has 1 aromatic heterocycles. The maximum atomic E-state index is 12.6. The summed E-state index contributed by atoms with van der Waals surface area (Å²) in [5.41, 5.74) is 2.88. The lowest BCUT2D eigenvalue weighted by molar-refractivity contribution is -0.127. The van der Waals surface area contributed by atoms with Gasteiger partial charge in [-0.2, -0.15) is 5.10 Å². The molecule has 0 saturated carbocycles. The molecular formula is C20H19N5O2S. The SMILES string of the molecule is COc1cccc(-n2cnnc2SCC(=O)N2CCC(c3ccccc3)=N2)c1. The number of benzene rings is 2. The maximum absolute atomic E-state index is 12.6. The number of ether oxygens (including phenoxy) is 1. The summed E-state index contributed by atoms with van der Waals surface area (Å²) < 4.78 is 7.10. The Kier molecular flexibility index (Phi) is 5.38. The van der Waals surface area contributed by atoms with Crippen LogP contribution in [0.15, 0.2) is 71.2 Å². The minimum Gasteiger partial charge on any atom is -0.497 e. The molecule has 0 spiro atoms. The van der Waals surface area contributed by atoms with E-state index in [1.54, 1.807) is 18.4 Å². The van der Waals surface area contributed by atoms with Crippen molar-refractivity contribution >= 4 is 23.4 Å². The molecule has 8 heteroatoms. The van der Waals surface area contributed by atoms with Gasteiger partial charge in [-0.1, -0.05) is 48.2 Å². The quantitative estimate of drug-likeness (QED) is 0.602. The standard InChI is InChI=1S/C20H19N5O2S/c1-27-17-9-5-8-16(12-17)24-14-21-22-20(24)28-13-19(26)25-11-10-18(23-25)15-6-3-2-4-7-15/h2-9,12,14H,10-11,13H2,1H3. The Morgan fingerprint density at radius 1 is 1.18 bits per heavy atom. The zero-order chi connectivity index (χ0) is 19.3. The average molecular weight is 393 g/mol. The molecule has 0 unspecified atom stereocenters. The van der Waals surface area contributed by atoms with Crippen LogP contribution < -0.4 is 4.74 Å². The highest BCUT2D eigenvalue weighted by Crippen LogP contribution is 2.23. The topological polar surface area (TPSA) is 72.6 Å². The van der Waals surface area contributed by atoms with Crippen LogP contribution in [0.3, 0.4) is 0 Å². The minimum atomic E-state index is -0.0453. The molecule has 2 aromatic carbocycles. The summed E-state index contributed by atoms with van der Waals surface area (Å²) in [5.74, 6) is 0.947. The predicted molar refractivity (Wildman–Crippen MR) is 108 cm³/mol. The van der Waals surface area contributed by atoms with E-state index < -0.39 is 0 Å². The van der Waals surface area contributed by atoms with Crippen LogP contribution in [0.4, 0.5) is 0 Å². The normalized spacial score (nSPS) is 13.5. The van der Waals surface area contributed by atoms with Crippen LogP contribution in [0.25, 0.3) is 5.69 Å². The molecule has 7 nitrogen and oxygen atoms in total. The van der Waals surface area contributed by atoms with Crippen LogP contribution in [0.1, 0.15) is 12.0 Å². The number of nitrogens with zero attached hydrogens (tertiary/aromatic N) is 5. The van der Waals surface area contributed by atoms with Gasteiger partial charge in [-0.05, 0) is 17.7 Å². The first-order valence-corrected chi connectivity index (χ1v) is 9.83. The third-order valence-electron chi connectivity index (χ3n) is 4.37. The summed E-state index contributed by atoms with van der Waals surface area (Å²) >= 11 is 1.34. The maximum Gasteiger partial charge on any atom is 0.253 e. The van der Waals surface area contributed by atoms with Gasteiger partial charge in [0.2, 0.25) is 0 Å². The van der Waals surface area contributed by atoms with Crippen LogP contribution in [0, 0.1) is 0 Å². The highest BCUT2D eigenvalue weighted by atomic mass is 32.2. The number of amides is 1. The van der Waals surface area contributed by atoms with Gasteiger partial charge in [0.1, 0.15) is 12.1 Å². The summed E-state index contributed by atoms with van der Waals surface area (Å²) in [7, 11) is 1.62. The van der Waals surface area contributed by atoms with Crippen LogP contribution in [0.5, 0.6) is 5.75 Å². The van der Waals surface area contributed by atoms with Crippen molar-refractivity contribution in [1.29, 1.82) is 0 Å². The lowest BCUT2D eigenvalue weighted by Crippen LogP contribution is -2.25. The largest absolute Gasteiger partial charge is 0.497 e. The van der Waals surface area contributed by atoms with Crippen LogP contribution in [0.2, 0.25) is 0 Å². The molecule has 0 N–H and O–H groups in total. The van der Waals surface area contributed by atoms with Crippen LogP contribution in [-0.4, -0.2) is 50.8 Å². The molecule has 3 aromatic rings. The molecule has 4 rings (SSSR count). The van der Waals surface area contributed by atoms with Gasteiger partial charge in [-0.3, -0.25) is 9.36 Å². The van der Waals surface area contributed by atoms with E-state index in [4.69, 9.17) is 4.74 Å². The molecular weight excluding hydrogens is 374 g/mol. The first-order chi connectivity index (χ1) is 13.7. The number of rotatable bonds is 6. The monoisotopic (exact) mass is 393 g/mol. The second-order valence-corrected chi connectivity index (χ2v) is 7.10. The molecule has 28 heavy (non-hydrogen) atoms. The van der Waals surface area contributed by atoms with E-state index in [1.807, 2.05) is 59.2 Å². The number of thioether (sulfide) groups is 1. The van der Waals surface area contributed by atoms with Gasteiger partial charge in [0.05, 0.1) is 30.8 Å². The number of hydrogen-bond acceptors (Lipinski definition) is 6. The molecule has 0 saturated heterocycles. The zero-order valence-corrected chi connectivity index (χ0v) is 16.2. The second kappa shape index (κ2) is 8.26. The molecule has 0 bridgehead atoms. The molecule has 0 atom stereocenters. The summed E-state index contributed by atoms with van der Waals surface area (Å²) in [6.07, 6.45) is 2.39. The van der Waals surface area contributed by atoms with Crippen molar-refractivity contribution in [2.45, 2.75) is 11.6 Å². The van der Waals surface area contributed by atoms with Gasteiger partial charge in [-0.25, -0.2) is 5.01 Å². The molecule has 2 heterocycles. The van der Waals surface area contributed by atoms with E-state index in [9.17, 15) is 4.79 Å². The van der Waals surface area contributed by atoms with Crippen molar-refractivity contribution in [2.24, 2.45) is 5.10 Å².